The van der Waals surface area contributed by atoms with Crippen LogP contribution in [0.5, 0.6) is 0 Å². The van der Waals surface area contributed by atoms with Crippen molar-refractivity contribution in [2.75, 3.05) is 13.1 Å². The van der Waals surface area contributed by atoms with E-state index in [1.54, 1.807) is 18.2 Å². The van der Waals surface area contributed by atoms with Crippen molar-refractivity contribution in [3.8, 4) is 11.4 Å². The van der Waals surface area contributed by atoms with Gasteiger partial charge in [0.25, 0.3) is 0 Å². The summed E-state index contributed by atoms with van der Waals surface area (Å²) in [5, 5.41) is 7.22. The molecule has 0 amide bonds. The van der Waals surface area contributed by atoms with Crippen LogP contribution in [0.25, 0.3) is 11.4 Å². The molecule has 1 aromatic heterocycles. The van der Waals surface area contributed by atoms with Gasteiger partial charge >= 0.3 is 0 Å². The van der Waals surface area contributed by atoms with Crippen LogP contribution in [0.1, 0.15) is 18.7 Å². The molecule has 100 valence electrons. The van der Waals surface area contributed by atoms with Gasteiger partial charge < -0.3 is 9.84 Å². The number of hydrogen-bond acceptors (Lipinski definition) is 4. The maximum Gasteiger partial charge on any atom is 0.227 e. The number of piperidine rings is 1. The van der Waals surface area contributed by atoms with Crippen molar-refractivity contribution in [2.24, 2.45) is 5.92 Å². The lowest BCUT2D eigenvalue weighted by molar-refractivity contribution is 0.316. The third kappa shape index (κ3) is 2.81. The van der Waals surface area contributed by atoms with Gasteiger partial charge in [0.15, 0.2) is 0 Å². The van der Waals surface area contributed by atoms with Crippen LogP contribution < -0.4 is 5.32 Å². The van der Waals surface area contributed by atoms with Gasteiger partial charge in [-0.1, -0.05) is 17.3 Å². The average molecular weight is 261 g/mol. The van der Waals surface area contributed by atoms with Crippen LogP contribution in [0.3, 0.4) is 0 Å². The van der Waals surface area contributed by atoms with Crippen molar-refractivity contribution in [3.63, 3.8) is 0 Å². The molecule has 1 N–H and O–H groups in total. The smallest absolute Gasteiger partial charge is 0.227 e. The van der Waals surface area contributed by atoms with Gasteiger partial charge in [-0.15, -0.1) is 0 Å². The first-order chi connectivity index (χ1) is 9.33. The highest BCUT2D eigenvalue weighted by Gasteiger charge is 2.18. The summed E-state index contributed by atoms with van der Waals surface area (Å²) < 4.78 is 18.8. The van der Waals surface area contributed by atoms with Crippen LogP contribution in [0.15, 0.2) is 28.8 Å². The highest BCUT2D eigenvalue weighted by Crippen LogP contribution is 2.21. The second-order valence-electron chi connectivity index (χ2n) is 4.91. The van der Waals surface area contributed by atoms with Gasteiger partial charge in [0.05, 0.1) is 5.56 Å². The molecular weight excluding hydrogens is 245 g/mol. The van der Waals surface area contributed by atoms with E-state index >= 15 is 0 Å². The van der Waals surface area contributed by atoms with Gasteiger partial charge in [0.2, 0.25) is 11.7 Å². The molecule has 0 bridgehead atoms. The highest BCUT2D eigenvalue weighted by molar-refractivity contribution is 5.54. The minimum atomic E-state index is -0.325. The van der Waals surface area contributed by atoms with E-state index in [9.17, 15) is 4.39 Å². The Hall–Kier alpha value is -1.75. The molecule has 5 heteroatoms. The Bertz CT molecular complexity index is 549. The molecule has 1 saturated heterocycles. The fraction of sp³-hybridized carbons (Fsp3) is 0.429. The molecule has 0 saturated carbocycles. The zero-order valence-electron chi connectivity index (χ0n) is 10.6. The minimum absolute atomic E-state index is 0.325. The molecule has 2 aromatic rings. The lowest BCUT2D eigenvalue weighted by Crippen LogP contribution is -2.30. The maximum atomic E-state index is 13.6. The molecule has 1 aliphatic heterocycles. The van der Waals surface area contributed by atoms with Gasteiger partial charge in [0.1, 0.15) is 5.82 Å². The van der Waals surface area contributed by atoms with Crippen LogP contribution in [-0.4, -0.2) is 23.2 Å². The number of aromatic nitrogens is 2. The second-order valence-corrected chi connectivity index (χ2v) is 4.91. The Morgan fingerprint density at radius 1 is 1.37 bits per heavy atom. The molecule has 0 radical (unpaired) electrons. The van der Waals surface area contributed by atoms with E-state index in [-0.39, 0.29) is 5.82 Å². The first kappa shape index (κ1) is 12.3. The number of halogens is 1. The highest BCUT2D eigenvalue weighted by atomic mass is 19.1. The third-order valence-corrected chi connectivity index (χ3v) is 3.45. The summed E-state index contributed by atoms with van der Waals surface area (Å²) in [5.41, 5.74) is 0.388. The molecule has 1 aliphatic rings. The van der Waals surface area contributed by atoms with E-state index in [4.69, 9.17) is 4.52 Å². The topological polar surface area (TPSA) is 51.0 Å². The number of benzene rings is 1. The zero-order valence-corrected chi connectivity index (χ0v) is 10.6. The van der Waals surface area contributed by atoms with Gasteiger partial charge in [-0.05, 0) is 44.0 Å². The first-order valence-electron chi connectivity index (χ1n) is 6.61. The van der Waals surface area contributed by atoms with E-state index in [2.05, 4.69) is 15.5 Å². The van der Waals surface area contributed by atoms with E-state index in [1.165, 1.54) is 18.9 Å². The van der Waals surface area contributed by atoms with E-state index < -0.39 is 0 Å². The predicted octanol–water partition coefficient (Wildman–Crippen LogP) is 2.42. The SMILES string of the molecule is Fc1ccccc1-c1noc(C[C@@H]2CCCNC2)n1. The van der Waals surface area contributed by atoms with Gasteiger partial charge in [0, 0.05) is 6.42 Å². The molecule has 3 rings (SSSR count). The molecule has 1 aromatic carbocycles. The van der Waals surface area contributed by atoms with Crippen molar-refractivity contribution in [1.29, 1.82) is 0 Å². The molecule has 4 nitrogen and oxygen atoms in total. The standard InChI is InChI=1S/C14H16FN3O/c15-12-6-2-1-5-11(12)14-17-13(19-18-14)8-10-4-3-7-16-9-10/h1-2,5-6,10,16H,3-4,7-9H2/t10-/m0/s1. The van der Waals surface area contributed by atoms with Crippen molar-refractivity contribution < 1.29 is 8.91 Å². The summed E-state index contributed by atoms with van der Waals surface area (Å²) in [6.07, 6.45) is 3.11. The summed E-state index contributed by atoms with van der Waals surface area (Å²) in [4.78, 5) is 4.29. The number of nitrogens with zero attached hydrogens (tertiary/aromatic N) is 2. The van der Waals surface area contributed by atoms with Crippen molar-refractivity contribution in [3.05, 3.63) is 36.0 Å². The first-order valence-corrected chi connectivity index (χ1v) is 6.61. The largest absolute Gasteiger partial charge is 0.339 e. The van der Waals surface area contributed by atoms with Crippen LogP contribution in [0.4, 0.5) is 4.39 Å². The monoisotopic (exact) mass is 261 g/mol. The number of hydrogen-bond donors (Lipinski definition) is 1. The second kappa shape index (κ2) is 5.48. The van der Waals surface area contributed by atoms with E-state index in [1.807, 2.05) is 0 Å². The lowest BCUT2D eigenvalue weighted by Gasteiger charge is -2.20. The maximum absolute atomic E-state index is 13.6. The Morgan fingerprint density at radius 2 is 2.26 bits per heavy atom. The van der Waals surface area contributed by atoms with Crippen LogP contribution in [-0.2, 0) is 6.42 Å². The lowest BCUT2D eigenvalue weighted by atomic mass is 9.96. The van der Waals surface area contributed by atoms with Gasteiger partial charge in [-0.25, -0.2) is 4.39 Å². The van der Waals surface area contributed by atoms with Crippen LogP contribution in [0.2, 0.25) is 0 Å². The van der Waals surface area contributed by atoms with E-state index in [0.29, 0.717) is 23.2 Å². The Kier molecular flexibility index (Phi) is 3.55. The van der Waals surface area contributed by atoms with Crippen molar-refractivity contribution in [1.82, 2.24) is 15.5 Å². The molecule has 0 spiro atoms. The summed E-state index contributed by atoms with van der Waals surface area (Å²) in [7, 11) is 0. The summed E-state index contributed by atoms with van der Waals surface area (Å²) in [6, 6.07) is 6.47. The van der Waals surface area contributed by atoms with Crippen LogP contribution >= 0.6 is 0 Å². The molecule has 1 atom stereocenters. The zero-order chi connectivity index (χ0) is 13.1. The summed E-state index contributed by atoms with van der Waals surface area (Å²) in [6.45, 7) is 2.07. The Balaban J connectivity index is 1.74. The van der Waals surface area contributed by atoms with Crippen molar-refractivity contribution in [2.45, 2.75) is 19.3 Å². The number of nitrogens with one attached hydrogen (secondary N) is 1. The number of rotatable bonds is 3. The fourth-order valence-corrected chi connectivity index (χ4v) is 2.43. The molecule has 1 fully saturated rings. The summed E-state index contributed by atoms with van der Waals surface area (Å²) in [5.74, 6) is 1.13. The molecular formula is C14H16FN3O. The predicted molar refractivity (Wildman–Crippen MR) is 69.0 cm³/mol. The van der Waals surface area contributed by atoms with Gasteiger partial charge in [-0.2, -0.15) is 4.98 Å². The minimum Gasteiger partial charge on any atom is -0.339 e. The van der Waals surface area contributed by atoms with Crippen molar-refractivity contribution >= 4 is 0 Å². The molecule has 2 heterocycles. The molecule has 0 unspecified atom stereocenters. The normalized spacial score (nSPS) is 19.5. The average Bonchev–Trinajstić information content (AvgIpc) is 2.89. The van der Waals surface area contributed by atoms with Crippen LogP contribution in [0, 0.1) is 11.7 Å². The van der Waals surface area contributed by atoms with Gasteiger partial charge in [-0.3, -0.25) is 0 Å². The molecule has 19 heavy (non-hydrogen) atoms. The quantitative estimate of drug-likeness (QED) is 0.922. The fourth-order valence-electron chi connectivity index (χ4n) is 2.43. The Labute approximate surface area is 111 Å². The third-order valence-electron chi connectivity index (χ3n) is 3.45. The Morgan fingerprint density at radius 3 is 3.05 bits per heavy atom. The summed E-state index contributed by atoms with van der Waals surface area (Å²) >= 11 is 0. The molecule has 0 aliphatic carbocycles. The van der Waals surface area contributed by atoms with E-state index in [0.717, 1.165) is 19.5 Å².